The topological polar surface area (TPSA) is 23.8 Å². The lowest BCUT2D eigenvalue weighted by Crippen LogP contribution is -1.92. The molecule has 0 aromatic heterocycles. The van der Waals surface area contributed by atoms with Gasteiger partial charge in [-0.25, -0.2) is 0 Å². The van der Waals surface area contributed by atoms with Crippen LogP contribution in [0.2, 0.25) is 0 Å². The molecule has 0 aliphatic rings. The quantitative estimate of drug-likeness (QED) is 0.768. The standard InChI is InChI=1S/C17H17N.C2H6/c1-2-14-6-8-15(9-7-14)10-11-16-4-3-5-17(12-16)13-18;1-2/h3-9,12H,2,10-11H2,1H3;1-2H3. The Morgan fingerprint density at radius 1 is 0.850 bits per heavy atom. The fourth-order valence-corrected chi connectivity index (χ4v) is 2.03. The van der Waals surface area contributed by atoms with Crippen molar-refractivity contribution in [3.63, 3.8) is 0 Å². The highest BCUT2D eigenvalue weighted by molar-refractivity contribution is 5.33. The average molecular weight is 265 g/mol. The first-order valence-corrected chi connectivity index (χ1v) is 7.38. The minimum absolute atomic E-state index is 0.744. The summed E-state index contributed by atoms with van der Waals surface area (Å²) in [6.07, 6.45) is 3.10. The predicted octanol–water partition coefficient (Wildman–Crippen LogP) is 4.93. The van der Waals surface area contributed by atoms with E-state index >= 15 is 0 Å². The molecule has 2 rings (SSSR count). The zero-order chi connectivity index (χ0) is 14.8. The Morgan fingerprint density at radius 3 is 2.05 bits per heavy atom. The molecule has 1 nitrogen and oxygen atoms in total. The molecule has 0 unspecified atom stereocenters. The second-order valence-corrected chi connectivity index (χ2v) is 4.48. The van der Waals surface area contributed by atoms with Crippen LogP contribution in [-0.2, 0) is 19.3 Å². The van der Waals surface area contributed by atoms with E-state index in [-0.39, 0.29) is 0 Å². The van der Waals surface area contributed by atoms with Crippen LogP contribution in [0.3, 0.4) is 0 Å². The van der Waals surface area contributed by atoms with Crippen LogP contribution in [0.15, 0.2) is 48.5 Å². The molecule has 0 atom stereocenters. The summed E-state index contributed by atoms with van der Waals surface area (Å²) in [7, 11) is 0. The van der Waals surface area contributed by atoms with Gasteiger partial charge in [0, 0.05) is 0 Å². The molecule has 0 spiro atoms. The third kappa shape index (κ3) is 4.90. The Labute approximate surface area is 122 Å². The Bertz CT molecular complexity index is 547. The Kier molecular flexibility index (Phi) is 7.14. The lowest BCUT2D eigenvalue weighted by Gasteiger charge is -2.04. The molecule has 0 amide bonds. The van der Waals surface area contributed by atoms with Gasteiger partial charge in [-0.05, 0) is 48.1 Å². The van der Waals surface area contributed by atoms with Crippen LogP contribution in [0, 0.1) is 11.3 Å². The summed E-state index contributed by atoms with van der Waals surface area (Å²) in [6.45, 7) is 6.17. The molecule has 1 heteroatoms. The summed E-state index contributed by atoms with van der Waals surface area (Å²) in [4.78, 5) is 0. The van der Waals surface area contributed by atoms with Gasteiger partial charge in [-0.1, -0.05) is 57.2 Å². The highest BCUT2D eigenvalue weighted by atomic mass is 14.2. The molecule has 2 aromatic rings. The molecule has 0 saturated carbocycles. The Balaban J connectivity index is 0.000000956. The molecule has 0 fully saturated rings. The van der Waals surface area contributed by atoms with Crippen LogP contribution in [-0.4, -0.2) is 0 Å². The monoisotopic (exact) mass is 265 g/mol. The van der Waals surface area contributed by atoms with Crippen LogP contribution in [0.1, 0.15) is 43.0 Å². The summed E-state index contributed by atoms with van der Waals surface area (Å²) in [5, 5.41) is 8.85. The summed E-state index contributed by atoms with van der Waals surface area (Å²) < 4.78 is 0. The number of nitrogens with zero attached hydrogens (tertiary/aromatic N) is 1. The van der Waals surface area contributed by atoms with Crippen LogP contribution >= 0.6 is 0 Å². The zero-order valence-corrected chi connectivity index (χ0v) is 12.7. The number of rotatable bonds is 4. The van der Waals surface area contributed by atoms with Crippen molar-refractivity contribution in [3.8, 4) is 6.07 Å². The van der Waals surface area contributed by atoms with E-state index in [1.165, 1.54) is 16.7 Å². The minimum atomic E-state index is 0.744. The van der Waals surface area contributed by atoms with Crippen LogP contribution in [0.25, 0.3) is 0 Å². The summed E-state index contributed by atoms with van der Waals surface area (Å²) in [6, 6.07) is 18.8. The van der Waals surface area contributed by atoms with Crippen LogP contribution < -0.4 is 0 Å². The Hall–Kier alpha value is -2.07. The zero-order valence-electron chi connectivity index (χ0n) is 12.7. The third-order valence-electron chi connectivity index (χ3n) is 3.19. The van der Waals surface area contributed by atoms with E-state index in [0.717, 1.165) is 24.8 Å². The minimum Gasteiger partial charge on any atom is -0.192 e. The molecule has 2 aromatic carbocycles. The van der Waals surface area contributed by atoms with E-state index in [1.54, 1.807) is 0 Å². The number of hydrogen-bond acceptors (Lipinski definition) is 1. The Morgan fingerprint density at radius 2 is 1.45 bits per heavy atom. The van der Waals surface area contributed by atoms with Crippen molar-refractivity contribution in [2.24, 2.45) is 0 Å². The number of hydrogen-bond donors (Lipinski definition) is 0. The maximum absolute atomic E-state index is 8.85. The predicted molar refractivity (Wildman–Crippen MR) is 85.7 cm³/mol. The molecule has 0 heterocycles. The van der Waals surface area contributed by atoms with E-state index in [4.69, 9.17) is 5.26 Å². The van der Waals surface area contributed by atoms with Crippen molar-refractivity contribution in [2.75, 3.05) is 0 Å². The molecule has 0 radical (unpaired) electrons. The highest BCUT2D eigenvalue weighted by Gasteiger charge is 1.98. The van der Waals surface area contributed by atoms with E-state index < -0.39 is 0 Å². The molecule has 0 aliphatic carbocycles. The molecular weight excluding hydrogens is 242 g/mol. The van der Waals surface area contributed by atoms with Crippen molar-refractivity contribution in [2.45, 2.75) is 40.0 Å². The van der Waals surface area contributed by atoms with Crippen LogP contribution in [0.5, 0.6) is 0 Å². The fraction of sp³-hybridized carbons (Fsp3) is 0.316. The van der Waals surface area contributed by atoms with Gasteiger partial charge in [-0.2, -0.15) is 5.26 Å². The average Bonchev–Trinajstić information content (AvgIpc) is 2.55. The lowest BCUT2D eigenvalue weighted by molar-refractivity contribution is 0.956. The van der Waals surface area contributed by atoms with Crippen molar-refractivity contribution in [1.29, 1.82) is 5.26 Å². The molecule has 0 aliphatic heterocycles. The SMILES string of the molecule is CC.CCc1ccc(CCc2cccc(C#N)c2)cc1. The van der Waals surface area contributed by atoms with Crippen molar-refractivity contribution < 1.29 is 0 Å². The molecule has 20 heavy (non-hydrogen) atoms. The number of nitriles is 1. The van der Waals surface area contributed by atoms with Gasteiger partial charge < -0.3 is 0 Å². The van der Waals surface area contributed by atoms with E-state index in [9.17, 15) is 0 Å². The van der Waals surface area contributed by atoms with Crippen molar-refractivity contribution in [3.05, 3.63) is 70.8 Å². The van der Waals surface area contributed by atoms with E-state index in [0.29, 0.717) is 0 Å². The van der Waals surface area contributed by atoms with Gasteiger partial charge in [0.1, 0.15) is 0 Å². The smallest absolute Gasteiger partial charge is 0.0991 e. The van der Waals surface area contributed by atoms with Gasteiger partial charge in [0.15, 0.2) is 0 Å². The van der Waals surface area contributed by atoms with Gasteiger partial charge in [-0.3, -0.25) is 0 Å². The van der Waals surface area contributed by atoms with Crippen molar-refractivity contribution in [1.82, 2.24) is 0 Å². The molecule has 0 saturated heterocycles. The number of benzene rings is 2. The molecular formula is C19H23N. The van der Waals surface area contributed by atoms with Gasteiger partial charge >= 0.3 is 0 Å². The van der Waals surface area contributed by atoms with Gasteiger partial charge in [0.2, 0.25) is 0 Å². The maximum Gasteiger partial charge on any atom is 0.0991 e. The van der Waals surface area contributed by atoms with Gasteiger partial charge in [0.05, 0.1) is 11.6 Å². The number of aryl methyl sites for hydroxylation is 3. The molecule has 0 N–H and O–H groups in total. The van der Waals surface area contributed by atoms with Crippen LogP contribution in [0.4, 0.5) is 0 Å². The fourth-order valence-electron chi connectivity index (χ4n) is 2.03. The van der Waals surface area contributed by atoms with Gasteiger partial charge in [0.25, 0.3) is 0 Å². The van der Waals surface area contributed by atoms with Gasteiger partial charge in [-0.15, -0.1) is 0 Å². The summed E-state index contributed by atoms with van der Waals surface area (Å²) in [5.74, 6) is 0. The van der Waals surface area contributed by atoms with Crippen molar-refractivity contribution >= 4 is 0 Å². The first-order chi connectivity index (χ1) is 9.81. The molecule has 104 valence electrons. The highest BCUT2D eigenvalue weighted by Crippen LogP contribution is 2.11. The second-order valence-electron chi connectivity index (χ2n) is 4.48. The summed E-state index contributed by atoms with van der Waals surface area (Å²) >= 11 is 0. The first kappa shape index (κ1) is 16.0. The third-order valence-corrected chi connectivity index (χ3v) is 3.19. The first-order valence-electron chi connectivity index (χ1n) is 7.38. The lowest BCUT2D eigenvalue weighted by atomic mass is 10.0. The normalized spacial score (nSPS) is 9.30. The second kappa shape index (κ2) is 8.93. The largest absolute Gasteiger partial charge is 0.192 e. The van der Waals surface area contributed by atoms with E-state index in [2.05, 4.69) is 43.3 Å². The molecule has 0 bridgehead atoms. The maximum atomic E-state index is 8.85. The van der Waals surface area contributed by atoms with E-state index in [1.807, 2.05) is 32.0 Å². The summed E-state index contributed by atoms with van der Waals surface area (Å²) in [5.41, 5.74) is 4.71.